The van der Waals surface area contributed by atoms with E-state index in [-0.39, 0.29) is 0 Å². The molecule has 1 atom stereocenters. The van der Waals surface area contributed by atoms with E-state index in [4.69, 9.17) is 0 Å². The molecule has 1 aliphatic carbocycles. The third kappa shape index (κ3) is 2.43. The first kappa shape index (κ1) is 11.0. The number of nitrogens with zero attached hydrogens (tertiary/aromatic N) is 1. The topological polar surface area (TPSA) is 15.3 Å². The van der Waals surface area contributed by atoms with Gasteiger partial charge in [-0.3, -0.25) is 0 Å². The first-order valence-electron chi connectivity index (χ1n) is 7.37. The average Bonchev–Trinajstić information content (AvgIpc) is 2.39. The van der Waals surface area contributed by atoms with E-state index in [1.54, 1.807) is 0 Å². The van der Waals surface area contributed by atoms with E-state index in [1.165, 1.54) is 71.1 Å². The Morgan fingerprint density at radius 1 is 0.938 bits per heavy atom. The Balaban J connectivity index is 1.44. The molecule has 0 aromatic rings. The molecule has 0 radical (unpaired) electrons. The maximum absolute atomic E-state index is 3.88. The second kappa shape index (κ2) is 5.05. The first-order valence-corrected chi connectivity index (χ1v) is 7.37. The first-order chi connectivity index (χ1) is 7.92. The minimum absolute atomic E-state index is 0.824. The van der Waals surface area contributed by atoms with Crippen LogP contribution in [0, 0.1) is 11.8 Å². The molecule has 0 amide bonds. The molecule has 92 valence electrons. The predicted molar refractivity (Wildman–Crippen MR) is 67.5 cm³/mol. The summed E-state index contributed by atoms with van der Waals surface area (Å²) in [6.45, 7) is 5.37. The van der Waals surface area contributed by atoms with Crippen molar-refractivity contribution in [2.24, 2.45) is 11.8 Å². The monoisotopic (exact) mass is 222 g/mol. The molecule has 0 aromatic carbocycles. The SMILES string of the molecule is C1CCC(CNC2CN3CCC2CC3)CC1. The molecule has 3 saturated heterocycles. The minimum atomic E-state index is 0.824. The van der Waals surface area contributed by atoms with Crippen molar-refractivity contribution in [2.75, 3.05) is 26.2 Å². The molecule has 2 nitrogen and oxygen atoms in total. The van der Waals surface area contributed by atoms with Gasteiger partial charge in [0, 0.05) is 12.6 Å². The molecule has 1 unspecified atom stereocenters. The molecule has 1 N–H and O–H groups in total. The Morgan fingerprint density at radius 3 is 2.31 bits per heavy atom. The quantitative estimate of drug-likeness (QED) is 0.788. The lowest BCUT2D eigenvalue weighted by Crippen LogP contribution is -2.56. The van der Waals surface area contributed by atoms with Crippen LogP contribution in [0.25, 0.3) is 0 Å². The summed E-state index contributed by atoms with van der Waals surface area (Å²) in [5, 5.41) is 3.88. The largest absolute Gasteiger partial charge is 0.312 e. The van der Waals surface area contributed by atoms with Crippen LogP contribution >= 0.6 is 0 Å². The molecule has 4 fully saturated rings. The molecule has 4 rings (SSSR count). The number of rotatable bonds is 3. The lowest BCUT2D eigenvalue weighted by Gasteiger charge is -2.45. The Kier molecular flexibility index (Phi) is 3.49. The van der Waals surface area contributed by atoms with Gasteiger partial charge in [0.2, 0.25) is 0 Å². The summed E-state index contributed by atoms with van der Waals surface area (Å²) in [7, 11) is 0. The Bertz CT molecular complexity index is 215. The Hall–Kier alpha value is -0.0800. The maximum Gasteiger partial charge on any atom is 0.0224 e. The molecule has 0 spiro atoms. The Morgan fingerprint density at radius 2 is 1.69 bits per heavy atom. The van der Waals surface area contributed by atoms with Crippen LogP contribution in [0.4, 0.5) is 0 Å². The fraction of sp³-hybridized carbons (Fsp3) is 1.00. The predicted octanol–water partition coefficient (Wildman–Crippen LogP) is 2.25. The van der Waals surface area contributed by atoms with Gasteiger partial charge in [-0.2, -0.15) is 0 Å². The molecule has 1 saturated carbocycles. The van der Waals surface area contributed by atoms with Crippen molar-refractivity contribution in [1.82, 2.24) is 10.2 Å². The number of hydrogen-bond donors (Lipinski definition) is 1. The molecule has 3 aliphatic heterocycles. The highest BCUT2D eigenvalue weighted by atomic mass is 15.2. The van der Waals surface area contributed by atoms with Gasteiger partial charge < -0.3 is 10.2 Å². The van der Waals surface area contributed by atoms with Crippen LogP contribution in [-0.4, -0.2) is 37.1 Å². The lowest BCUT2D eigenvalue weighted by atomic mass is 9.83. The fourth-order valence-corrected chi connectivity index (χ4v) is 3.91. The van der Waals surface area contributed by atoms with Gasteiger partial charge in [0.15, 0.2) is 0 Å². The van der Waals surface area contributed by atoms with Gasteiger partial charge in [-0.05, 0) is 57.2 Å². The zero-order chi connectivity index (χ0) is 10.8. The highest BCUT2D eigenvalue weighted by Crippen LogP contribution is 2.28. The summed E-state index contributed by atoms with van der Waals surface area (Å²) in [5.74, 6) is 1.98. The normalized spacial score (nSPS) is 40.1. The molecule has 2 heteroatoms. The molecule has 3 heterocycles. The van der Waals surface area contributed by atoms with E-state index in [0.29, 0.717) is 0 Å². The van der Waals surface area contributed by atoms with E-state index in [0.717, 1.165) is 17.9 Å². The summed E-state index contributed by atoms with van der Waals surface area (Å²) in [5.41, 5.74) is 0. The van der Waals surface area contributed by atoms with E-state index in [9.17, 15) is 0 Å². The molecular weight excluding hydrogens is 196 g/mol. The molecular formula is C14H26N2. The number of piperidine rings is 3. The summed E-state index contributed by atoms with van der Waals surface area (Å²) < 4.78 is 0. The van der Waals surface area contributed by atoms with Crippen molar-refractivity contribution in [3.63, 3.8) is 0 Å². The second-order valence-corrected chi connectivity index (χ2v) is 6.16. The zero-order valence-corrected chi connectivity index (χ0v) is 10.5. The van der Waals surface area contributed by atoms with Crippen molar-refractivity contribution in [3.05, 3.63) is 0 Å². The van der Waals surface area contributed by atoms with Gasteiger partial charge >= 0.3 is 0 Å². The van der Waals surface area contributed by atoms with Crippen molar-refractivity contribution >= 4 is 0 Å². The van der Waals surface area contributed by atoms with Crippen LogP contribution in [0.1, 0.15) is 44.9 Å². The molecule has 0 aromatic heterocycles. The number of hydrogen-bond acceptors (Lipinski definition) is 2. The van der Waals surface area contributed by atoms with E-state index in [2.05, 4.69) is 10.2 Å². The van der Waals surface area contributed by atoms with Crippen molar-refractivity contribution in [1.29, 1.82) is 0 Å². The van der Waals surface area contributed by atoms with Gasteiger partial charge in [-0.25, -0.2) is 0 Å². The number of nitrogens with one attached hydrogen (secondary N) is 1. The third-order valence-corrected chi connectivity index (χ3v) is 5.05. The van der Waals surface area contributed by atoms with Gasteiger partial charge in [-0.15, -0.1) is 0 Å². The summed E-state index contributed by atoms with van der Waals surface area (Å²) in [4.78, 5) is 2.65. The van der Waals surface area contributed by atoms with Crippen molar-refractivity contribution in [2.45, 2.75) is 51.0 Å². The van der Waals surface area contributed by atoms with Gasteiger partial charge in [-0.1, -0.05) is 19.3 Å². The lowest BCUT2D eigenvalue weighted by molar-refractivity contribution is 0.0698. The molecule has 2 bridgehead atoms. The Labute approximate surface area is 99.8 Å². The van der Waals surface area contributed by atoms with Gasteiger partial charge in [0.1, 0.15) is 0 Å². The third-order valence-electron chi connectivity index (χ3n) is 5.05. The van der Waals surface area contributed by atoms with E-state index < -0.39 is 0 Å². The van der Waals surface area contributed by atoms with Crippen LogP contribution < -0.4 is 5.32 Å². The van der Waals surface area contributed by atoms with Crippen molar-refractivity contribution < 1.29 is 0 Å². The van der Waals surface area contributed by atoms with Crippen molar-refractivity contribution in [3.8, 4) is 0 Å². The highest BCUT2D eigenvalue weighted by molar-refractivity contribution is 4.91. The fourth-order valence-electron chi connectivity index (χ4n) is 3.91. The minimum Gasteiger partial charge on any atom is -0.312 e. The van der Waals surface area contributed by atoms with Gasteiger partial charge in [0.05, 0.1) is 0 Å². The number of fused-ring (bicyclic) bond motifs is 3. The standard InChI is InChI=1S/C14H26N2/c1-2-4-12(5-3-1)10-15-14-11-16-8-6-13(14)7-9-16/h12-15H,1-11H2. The summed E-state index contributed by atoms with van der Waals surface area (Å²) in [6, 6.07) is 0.824. The molecule has 16 heavy (non-hydrogen) atoms. The summed E-state index contributed by atoms with van der Waals surface area (Å²) >= 11 is 0. The van der Waals surface area contributed by atoms with Crippen LogP contribution in [0.15, 0.2) is 0 Å². The van der Waals surface area contributed by atoms with Gasteiger partial charge in [0.25, 0.3) is 0 Å². The smallest absolute Gasteiger partial charge is 0.0224 e. The summed E-state index contributed by atoms with van der Waals surface area (Å²) in [6.07, 6.45) is 10.3. The average molecular weight is 222 g/mol. The van der Waals surface area contributed by atoms with Crippen LogP contribution in [0.2, 0.25) is 0 Å². The van der Waals surface area contributed by atoms with E-state index in [1.807, 2.05) is 0 Å². The second-order valence-electron chi connectivity index (χ2n) is 6.16. The van der Waals surface area contributed by atoms with E-state index >= 15 is 0 Å². The zero-order valence-electron chi connectivity index (χ0n) is 10.5. The highest BCUT2D eigenvalue weighted by Gasteiger charge is 2.33. The van der Waals surface area contributed by atoms with Crippen LogP contribution in [0.5, 0.6) is 0 Å². The van der Waals surface area contributed by atoms with Crippen LogP contribution in [0.3, 0.4) is 0 Å². The maximum atomic E-state index is 3.88. The van der Waals surface area contributed by atoms with Crippen LogP contribution in [-0.2, 0) is 0 Å². The molecule has 4 aliphatic rings.